The summed E-state index contributed by atoms with van der Waals surface area (Å²) in [5.41, 5.74) is 0.768. The Kier molecular flexibility index (Phi) is 2.54. The summed E-state index contributed by atoms with van der Waals surface area (Å²) in [6.45, 7) is 1.50. The monoisotopic (exact) mass is 186 g/mol. The normalized spacial score (nSPS) is 11.4. The first-order valence-corrected chi connectivity index (χ1v) is 3.50. The van der Waals surface area contributed by atoms with Crippen LogP contribution >= 0.6 is 0 Å². The smallest absolute Gasteiger partial charge is 0.406 e. The van der Waals surface area contributed by atoms with E-state index in [0.717, 1.165) is 0 Å². The van der Waals surface area contributed by atoms with E-state index in [9.17, 15) is 13.2 Å². The highest BCUT2D eigenvalue weighted by atomic mass is 19.4. The molecule has 0 unspecified atom stereocenters. The molecule has 0 aromatic heterocycles. The molecule has 5 heteroatoms. The van der Waals surface area contributed by atoms with Gasteiger partial charge in [0.2, 0.25) is 0 Å². The Bertz CT molecular complexity index is 309. The predicted molar refractivity (Wildman–Crippen MR) is 43.3 cm³/mol. The van der Waals surface area contributed by atoms with Crippen molar-refractivity contribution in [1.29, 1.82) is 0 Å². The van der Waals surface area contributed by atoms with Crippen LogP contribution in [0.2, 0.25) is 0 Å². The van der Waals surface area contributed by atoms with Gasteiger partial charge in [0, 0.05) is 0 Å². The zero-order chi connectivity index (χ0) is 10.1. The van der Waals surface area contributed by atoms with Crippen molar-refractivity contribution in [2.75, 3.05) is 0 Å². The van der Waals surface area contributed by atoms with E-state index in [2.05, 4.69) is 4.74 Å². The number of benzene rings is 1. The van der Waals surface area contributed by atoms with Crippen LogP contribution in [0.1, 0.15) is 5.56 Å². The van der Waals surface area contributed by atoms with Crippen LogP contribution in [0.3, 0.4) is 0 Å². The van der Waals surface area contributed by atoms with Crippen molar-refractivity contribution in [2.45, 2.75) is 13.3 Å². The second-order valence-corrected chi connectivity index (χ2v) is 2.57. The molecule has 0 fully saturated rings. The molecular formula is C8H6BF3O. The van der Waals surface area contributed by atoms with E-state index < -0.39 is 6.36 Å². The molecule has 1 aromatic carbocycles. The van der Waals surface area contributed by atoms with E-state index in [-0.39, 0.29) is 5.75 Å². The molecule has 68 valence electrons. The molecule has 2 radical (unpaired) electrons. The average molecular weight is 186 g/mol. The Labute approximate surface area is 74.9 Å². The lowest BCUT2D eigenvalue weighted by Crippen LogP contribution is -2.18. The zero-order valence-corrected chi connectivity index (χ0v) is 6.85. The van der Waals surface area contributed by atoms with Crippen LogP contribution in [0.4, 0.5) is 13.2 Å². The minimum absolute atomic E-state index is 0.221. The van der Waals surface area contributed by atoms with Gasteiger partial charge in [-0.25, -0.2) is 0 Å². The van der Waals surface area contributed by atoms with Gasteiger partial charge < -0.3 is 4.74 Å². The summed E-state index contributed by atoms with van der Waals surface area (Å²) in [5.74, 6) is -0.221. The van der Waals surface area contributed by atoms with Gasteiger partial charge in [0.15, 0.2) is 0 Å². The number of rotatable bonds is 1. The molecule has 0 N–H and O–H groups in total. The minimum atomic E-state index is -4.65. The highest BCUT2D eigenvalue weighted by molar-refractivity contribution is 6.32. The Morgan fingerprint density at radius 2 is 1.92 bits per heavy atom. The molecule has 0 aliphatic heterocycles. The van der Waals surface area contributed by atoms with Crippen LogP contribution in [0.25, 0.3) is 0 Å². The maximum absolute atomic E-state index is 11.8. The summed E-state index contributed by atoms with van der Waals surface area (Å²) in [6.07, 6.45) is -4.65. The average Bonchev–Trinajstić information content (AvgIpc) is 1.93. The molecule has 0 spiro atoms. The summed E-state index contributed by atoms with van der Waals surface area (Å²) in [4.78, 5) is 0. The van der Waals surface area contributed by atoms with Crippen LogP contribution in [-0.4, -0.2) is 14.2 Å². The molecule has 13 heavy (non-hydrogen) atoms. The second-order valence-electron chi connectivity index (χ2n) is 2.57. The number of hydrogen-bond acceptors (Lipinski definition) is 1. The molecule has 0 atom stereocenters. The van der Waals surface area contributed by atoms with Gasteiger partial charge in [0.1, 0.15) is 13.6 Å². The molecule has 1 nitrogen and oxygen atoms in total. The van der Waals surface area contributed by atoms with Gasteiger partial charge in [-0.15, -0.1) is 13.2 Å². The van der Waals surface area contributed by atoms with E-state index in [1.54, 1.807) is 0 Å². The van der Waals surface area contributed by atoms with Gasteiger partial charge in [-0.2, -0.15) is 0 Å². The first kappa shape index (κ1) is 9.96. The van der Waals surface area contributed by atoms with Crippen molar-refractivity contribution in [3.8, 4) is 5.75 Å². The van der Waals surface area contributed by atoms with E-state index in [0.29, 0.717) is 11.0 Å². The molecule has 1 rings (SSSR count). The Hall–Kier alpha value is -1.13. The fourth-order valence-electron chi connectivity index (χ4n) is 0.912. The lowest BCUT2D eigenvalue weighted by Gasteiger charge is -2.11. The van der Waals surface area contributed by atoms with E-state index in [1.165, 1.54) is 25.1 Å². The van der Waals surface area contributed by atoms with Crippen LogP contribution in [0.5, 0.6) is 5.75 Å². The summed E-state index contributed by atoms with van der Waals surface area (Å²) in [6, 6.07) is 3.97. The van der Waals surface area contributed by atoms with Gasteiger partial charge >= 0.3 is 6.36 Å². The maximum Gasteiger partial charge on any atom is 0.573 e. The summed E-state index contributed by atoms with van der Waals surface area (Å²) < 4.78 is 39.0. The van der Waals surface area contributed by atoms with Crippen LogP contribution in [0.15, 0.2) is 18.2 Å². The van der Waals surface area contributed by atoms with E-state index in [1.807, 2.05) is 0 Å². The molecule has 0 amide bonds. The third-order valence-electron chi connectivity index (χ3n) is 1.42. The van der Waals surface area contributed by atoms with Crippen molar-refractivity contribution in [1.82, 2.24) is 0 Å². The highest BCUT2D eigenvalue weighted by Gasteiger charge is 2.31. The van der Waals surface area contributed by atoms with Gasteiger partial charge in [0.25, 0.3) is 0 Å². The standard InChI is InChI=1S/C8H6BF3O/c1-5-4-6(9)2-3-7(5)13-8(10,11)12/h2-4H,1H3. The molecule has 0 saturated carbocycles. The second kappa shape index (κ2) is 3.32. The van der Waals surface area contributed by atoms with Gasteiger partial charge in [-0.1, -0.05) is 17.6 Å². The van der Waals surface area contributed by atoms with Crippen LogP contribution < -0.4 is 10.2 Å². The SMILES string of the molecule is [B]c1ccc(OC(F)(F)F)c(C)c1. The van der Waals surface area contributed by atoms with E-state index >= 15 is 0 Å². The molecule has 0 aliphatic carbocycles. The van der Waals surface area contributed by atoms with Crippen molar-refractivity contribution >= 4 is 13.3 Å². The van der Waals surface area contributed by atoms with Gasteiger partial charge in [-0.3, -0.25) is 0 Å². The molecule has 0 aliphatic rings. The maximum atomic E-state index is 11.8. The molecule has 0 heterocycles. The lowest BCUT2D eigenvalue weighted by molar-refractivity contribution is -0.274. The summed E-state index contributed by atoms with van der Waals surface area (Å²) >= 11 is 0. The largest absolute Gasteiger partial charge is 0.573 e. The first-order chi connectivity index (χ1) is 5.88. The molecular weight excluding hydrogens is 180 g/mol. The number of halogens is 3. The fourth-order valence-corrected chi connectivity index (χ4v) is 0.912. The first-order valence-electron chi connectivity index (χ1n) is 3.50. The topological polar surface area (TPSA) is 9.23 Å². The Morgan fingerprint density at radius 3 is 2.38 bits per heavy atom. The number of alkyl halides is 3. The lowest BCUT2D eigenvalue weighted by atomic mass is 9.94. The minimum Gasteiger partial charge on any atom is -0.406 e. The van der Waals surface area contributed by atoms with E-state index in [4.69, 9.17) is 7.85 Å². The van der Waals surface area contributed by atoms with Crippen molar-refractivity contribution in [3.63, 3.8) is 0 Å². The Morgan fingerprint density at radius 1 is 1.31 bits per heavy atom. The van der Waals surface area contributed by atoms with Gasteiger partial charge in [0.05, 0.1) is 0 Å². The highest BCUT2D eigenvalue weighted by Crippen LogP contribution is 2.24. The summed E-state index contributed by atoms with van der Waals surface area (Å²) in [5, 5.41) is 0. The molecule has 0 bridgehead atoms. The summed E-state index contributed by atoms with van der Waals surface area (Å²) in [7, 11) is 5.35. The van der Waals surface area contributed by atoms with Crippen molar-refractivity contribution in [2.24, 2.45) is 0 Å². The van der Waals surface area contributed by atoms with Crippen LogP contribution in [-0.2, 0) is 0 Å². The van der Waals surface area contributed by atoms with Crippen LogP contribution in [0, 0.1) is 6.92 Å². The van der Waals surface area contributed by atoms with Crippen molar-refractivity contribution < 1.29 is 17.9 Å². The Balaban J connectivity index is 2.90. The number of ether oxygens (including phenoxy) is 1. The third kappa shape index (κ3) is 3.01. The fraction of sp³-hybridized carbons (Fsp3) is 0.250. The molecule has 1 aromatic rings. The van der Waals surface area contributed by atoms with Gasteiger partial charge in [-0.05, 0) is 18.6 Å². The third-order valence-corrected chi connectivity index (χ3v) is 1.42. The number of aryl methyl sites for hydroxylation is 1. The predicted octanol–water partition coefficient (Wildman–Crippen LogP) is 1.69. The molecule has 0 saturated heterocycles. The quantitative estimate of drug-likeness (QED) is 0.606. The zero-order valence-electron chi connectivity index (χ0n) is 6.85. The van der Waals surface area contributed by atoms with Crippen molar-refractivity contribution in [3.05, 3.63) is 23.8 Å². The number of hydrogen-bond donors (Lipinski definition) is 0.